The van der Waals surface area contributed by atoms with Gasteiger partial charge in [-0.15, -0.1) is 0 Å². The molecule has 0 amide bonds. The average molecular weight is 235 g/mol. The second-order valence-electron chi connectivity index (χ2n) is 5.14. The lowest BCUT2D eigenvalue weighted by Crippen LogP contribution is -2.61. The summed E-state index contributed by atoms with van der Waals surface area (Å²) in [4.78, 5) is 1.73. The van der Waals surface area contributed by atoms with Gasteiger partial charge in [0.05, 0.1) is 0 Å². The van der Waals surface area contributed by atoms with Crippen LogP contribution in [-0.4, -0.2) is 29.7 Å². The predicted octanol–water partition coefficient (Wildman–Crippen LogP) is 3.74. The minimum Gasteiger partial charge on any atom is -0.290 e. The maximum Gasteiger partial charge on any atom is 0.406 e. The van der Waals surface area contributed by atoms with Gasteiger partial charge in [0.25, 0.3) is 0 Å². The molecule has 94 valence electrons. The molecule has 1 saturated carbocycles. The zero-order valence-corrected chi connectivity index (χ0v) is 9.65. The molecule has 0 aromatic rings. The third kappa shape index (κ3) is 2.08. The number of halogens is 3. The van der Waals surface area contributed by atoms with E-state index in [0.717, 1.165) is 38.5 Å². The highest BCUT2D eigenvalue weighted by molar-refractivity contribution is 4.99. The summed E-state index contributed by atoms with van der Waals surface area (Å²) in [5.41, 5.74) is -1.48. The summed E-state index contributed by atoms with van der Waals surface area (Å²) in [6, 6.07) is 0. The first-order chi connectivity index (χ1) is 7.56. The second kappa shape index (κ2) is 4.55. The van der Waals surface area contributed by atoms with Crippen LogP contribution in [-0.2, 0) is 0 Å². The van der Waals surface area contributed by atoms with Crippen molar-refractivity contribution in [3.8, 4) is 0 Å². The van der Waals surface area contributed by atoms with Crippen LogP contribution in [0.15, 0.2) is 0 Å². The van der Waals surface area contributed by atoms with Crippen LogP contribution >= 0.6 is 0 Å². The van der Waals surface area contributed by atoms with Crippen LogP contribution in [0.4, 0.5) is 13.2 Å². The van der Waals surface area contributed by atoms with Gasteiger partial charge in [0.1, 0.15) is 5.54 Å². The summed E-state index contributed by atoms with van der Waals surface area (Å²) >= 11 is 0. The molecule has 2 aliphatic rings. The lowest BCUT2D eigenvalue weighted by Gasteiger charge is -2.48. The minimum absolute atomic E-state index is 0.316. The van der Waals surface area contributed by atoms with E-state index in [1.54, 1.807) is 4.90 Å². The van der Waals surface area contributed by atoms with Crippen molar-refractivity contribution in [3.05, 3.63) is 0 Å². The number of likely N-dealkylation sites (tertiary alicyclic amines) is 1. The number of hydrogen-bond donors (Lipinski definition) is 0. The van der Waals surface area contributed by atoms with Crippen LogP contribution < -0.4 is 0 Å². The molecule has 1 heterocycles. The number of alkyl halides is 3. The monoisotopic (exact) mass is 235 g/mol. The lowest BCUT2D eigenvalue weighted by molar-refractivity contribution is -0.245. The standard InChI is InChI=1S/C12H20F3N/c13-12(14,15)11(7-3-1-4-8-11)16-9-5-2-6-10-16/h1-10H2. The van der Waals surface area contributed by atoms with Gasteiger partial charge in [-0.25, -0.2) is 0 Å². The number of rotatable bonds is 1. The van der Waals surface area contributed by atoms with E-state index in [9.17, 15) is 13.2 Å². The minimum atomic E-state index is -4.05. The van der Waals surface area contributed by atoms with Crippen LogP contribution in [0.5, 0.6) is 0 Å². The van der Waals surface area contributed by atoms with Crippen molar-refractivity contribution >= 4 is 0 Å². The molecular formula is C12H20F3N. The molecule has 0 radical (unpaired) electrons. The first-order valence-corrected chi connectivity index (χ1v) is 6.38. The van der Waals surface area contributed by atoms with Gasteiger partial charge in [0.2, 0.25) is 0 Å². The van der Waals surface area contributed by atoms with Crippen molar-refractivity contribution in [1.82, 2.24) is 4.90 Å². The van der Waals surface area contributed by atoms with Crippen molar-refractivity contribution in [2.75, 3.05) is 13.1 Å². The van der Waals surface area contributed by atoms with Gasteiger partial charge in [-0.2, -0.15) is 13.2 Å². The molecule has 0 bridgehead atoms. The highest BCUT2D eigenvalue weighted by Gasteiger charge is 2.57. The molecule has 1 nitrogen and oxygen atoms in total. The van der Waals surface area contributed by atoms with Crippen molar-refractivity contribution in [2.45, 2.75) is 63.1 Å². The molecule has 1 aliphatic carbocycles. The Kier molecular flexibility index (Phi) is 3.48. The molecule has 16 heavy (non-hydrogen) atoms. The number of piperidine rings is 1. The topological polar surface area (TPSA) is 3.24 Å². The van der Waals surface area contributed by atoms with Gasteiger partial charge in [-0.1, -0.05) is 25.7 Å². The smallest absolute Gasteiger partial charge is 0.290 e. The van der Waals surface area contributed by atoms with E-state index in [4.69, 9.17) is 0 Å². The normalized spacial score (nSPS) is 27.9. The van der Waals surface area contributed by atoms with Gasteiger partial charge in [-0.05, 0) is 38.8 Å². The fourth-order valence-electron chi connectivity index (χ4n) is 3.24. The summed E-state index contributed by atoms with van der Waals surface area (Å²) in [6.07, 6.45) is 1.95. The van der Waals surface area contributed by atoms with Crippen molar-refractivity contribution < 1.29 is 13.2 Å². The highest BCUT2D eigenvalue weighted by Crippen LogP contribution is 2.46. The van der Waals surface area contributed by atoms with Gasteiger partial charge in [0.15, 0.2) is 0 Å². The molecular weight excluding hydrogens is 215 g/mol. The summed E-state index contributed by atoms with van der Waals surface area (Å²) < 4.78 is 40.0. The van der Waals surface area contributed by atoms with E-state index < -0.39 is 11.7 Å². The van der Waals surface area contributed by atoms with Gasteiger partial charge in [-0.3, -0.25) is 4.90 Å². The summed E-state index contributed by atoms with van der Waals surface area (Å²) in [7, 11) is 0. The lowest BCUT2D eigenvalue weighted by atomic mass is 9.78. The summed E-state index contributed by atoms with van der Waals surface area (Å²) in [5, 5.41) is 0. The van der Waals surface area contributed by atoms with Crippen LogP contribution in [0, 0.1) is 0 Å². The molecule has 0 aromatic heterocycles. The first-order valence-electron chi connectivity index (χ1n) is 6.38. The number of hydrogen-bond acceptors (Lipinski definition) is 1. The Labute approximate surface area is 95.0 Å². The molecule has 0 unspecified atom stereocenters. The Morgan fingerprint density at radius 3 is 1.75 bits per heavy atom. The quantitative estimate of drug-likeness (QED) is 0.669. The van der Waals surface area contributed by atoms with Crippen LogP contribution in [0.1, 0.15) is 51.4 Å². The van der Waals surface area contributed by atoms with E-state index in [2.05, 4.69) is 0 Å². The zero-order chi connectivity index (χ0) is 11.6. The van der Waals surface area contributed by atoms with Crippen LogP contribution in [0.25, 0.3) is 0 Å². The maximum atomic E-state index is 13.3. The Bertz CT molecular complexity index is 225. The fraction of sp³-hybridized carbons (Fsp3) is 1.00. The van der Waals surface area contributed by atoms with Crippen molar-refractivity contribution in [3.63, 3.8) is 0 Å². The van der Waals surface area contributed by atoms with Crippen molar-refractivity contribution in [2.24, 2.45) is 0 Å². The molecule has 0 aromatic carbocycles. The average Bonchev–Trinajstić information content (AvgIpc) is 2.30. The first kappa shape index (κ1) is 12.2. The molecule has 4 heteroatoms. The Morgan fingerprint density at radius 1 is 0.750 bits per heavy atom. The summed E-state index contributed by atoms with van der Waals surface area (Å²) in [6.45, 7) is 1.28. The summed E-state index contributed by atoms with van der Waals surface area (Å²) in [5.74, 6) is 0. The SMILES string of the molecule is FC(F)(F)C1(N2CCCCC2)CCCCC1. The highest BCUT2D eigenvalue weighted by atomic mass is 19.4. The number of nitrogens with zero attached hydrogens (tertiary/aromatic N) is 1. The Morgan fingerprint density at radius 2 is 1.25 bits per heavy atom. The van der Waals surface area contributed by atoms with Gasteiger partial charge in [0, 0.05) is 0 Å². The molecule has 2 fully saturated rings. The third-order valence-corrected chi connectivity index (χ3v) is 4.17. The molecule has 1 saturated heterocycles. The molecule has 0 spiro atoms. The van der Waals surface area contributed by atoms with E-state index >= 15 is 0 Å². The third-order valence-electron chi connectivity index (χ3n) is 4.17. The van der Waals surface area contributed by atoms with E-state index in [0.29, 0.717) is 25.9 Å². The van der Waals surface area contributed by atoms with Crippen LogP contribution in [0.2, 0.25) is 0 Å². The van der Waals surface area contributed by atoms with Crippen LogP contribution in [0.3, 0.4) is 0 Å². The van der Waals surface area contributed by atoms with E-state index in [1.165, 1.54) is 0 Å². The molecule has 2 rings (SSSR count). The maximum absolute atomic E-state index is 13.3. The zero-order valence-electron chi connectivity index (χ0n) is 9.65. The molecule has 0 N–H and O–H groups in total. The van der Waals surface area contributed by atoms with Gasteiger partial charge >= 0.3 is 6.18 Å². The van der Waals surface area contributed by atoms with E-state index in [-0.39, 0.29) is 0 Å². The molecule has 0 atom stereocenters. The molecule has 1 aliphatic heterocycles. The Balaban J connectivity index is 2.18. The predicted molar refractivity (Wildman–Crippen MR) is 57.3 cm³/mol. The van der Waals surface area contributed by atoms with Gasteiger partial charge < -0.3 is 0 Å². The van der Waals surface area contributed by atoms with E-state index in [1.807, 2.05) is 0 Å². The van der Waals surface area contributed by atoms with Crippen molar-refractivity contribution in [1.29, 1.82) is 0 Å². The fourth-order valence-corrected chi connectivity index (χ4v) is 3.24. The Hall–Kier alpha value is -0.250. The second-order valence-corrected chi connectivity index (χ2v) is 5.14. The largest absolute Gasteiger partial charge is 0.406 e.